The van der Waals surface area contributed by atoms with Gasteiger partial charge in [-0.05, 0) is 20.0 Å². The second-order valence-electron chi connectivity index (χ2n) is 2.24. The average molecular weight is 146 g/mol. The van der Waals surface area contributed by atoms with Crippen LogP contribution >= 0.6 is 12.6 Å². The standard InChI is InChI=1S/C7H16NS/c1-4-8(5-2)7(3)6-9/h7H,4-6H2,1-3H3. The third-order valence-electron chi connectivity index (χ3n) is 1.68. The van der Waals surface area contributed by atoms with Gasteiger partial charge in [-0.15, -0.1) is 0 Å². The van der Waals surface area contributed by atoms with Crippen LogP contribution in [0.25, 0.3) is 0 Å². The van der Waals surface area contributed by atoms with E-state index in [1.807, 2.05) is 0 Å². The van der Waals surface area contributed by atoms with E-state index in [-0.39, 0.29) is 0 Å². The van der Waals surface area contributed by atoms with Crippen LogP contribution in [-0.2, 0) is 0 Å². The van der Waals surface area contributed by atoms with E-state index < -0.39 is 0 Å². The van der Waals surface area contributed by atoms with Gasteiger partial charge < -0.3 is 4.90 Å². The minimum Gasteiger partial charge on any atom is -0.300 e. The number of hydrogen-bond donors (Lipinski definition) is 0. The molecule has 0 heterocycles. The van der Waals surface area contributed by atoms with Gasteiger partial charge >= 0.3 is 0 Å². The minimum absolute atomic E-state index is 0.579. The molecule has 0 aliphatic carbocycles. The van der Waals surface area contributed by atoms with Crippen molar-refractivity contribution in [3.05, 3.63) is 0 Å². The molecule has 0 aliphatic rings. The highest BCUT2D eigenvalue weighted by molar-refractivity contribution is 7.80. The van der Waals surface area contributed by atoms with Gasteiger partial charge in [-0.25, -0.2) is 0 Å². The summed E-state index contributed by atoms with van der Waals surface area (Å²) >= 11 is 4.94. The maximum Gasteiger partial charge on any atom is 0.0191 e. The molecular weight excluding hydrogens is 130 g/mol. The molecule has 9 heavy (non-hydrogen) atoms. The molecule has 1 unspecified atom stereocenters. The molecule has 0 saturated carbocycles. The van der Waals surface area contributed by atoms with E-state index in [0.717, 1.165) is 18.8 Å². The molecule has 2 heteroatoms. The van der Waals surface area contributed by atoms with Crippen LogP contribution in [0.4, 0.5) is 0 Å². The molecule has 0 amide bonds. The Morgan fingerprint density at radius 3 is 1.89 bits per heavy atom. The quantitative estimate of drug-likeness (QED) is 0.585. The van der Waals surface area contributed by atoms with Crippen LogP contribution < -0.4 is 0 Å². The first-order valence-electron chi connectivity index (χ1n) is 3.58. The third-order valence-corrected chi connectivity index (χ3v) is 2.16. The van der Waals surface area contributed by atoms with Gasteiger partial charge in [0.25, 0.3) is 0 Å². The van der Waals surface area contributed by atoms with Crippen LogP contribution in [0.5, 0.6) is 0 Å². The van der Waals surface area contributed by atoms with Gasteiger partial charge in [0.2, 0.25) is 0 Å². The van der Waals surface area contributed by atoms with Crippen molar-refractivity contribution in [2.24, 2.45) is 0 Å². The Labute approximate surface area is 63.8 Å². The molecule has 0 fully saturated rings. The normalized spacial score (nSPS) is 14.3. The SMILES string of the molecule is CCN(CC)C(C)C[S]. The zero-order chi connectivity index (χ0) is 7.28. The molecule has 0 saturated heterocycles. The van der Waals surface area contributed by atoms with Gasteiger partial charge in [-0.2, -0.15) is 0 Å². The summed E-state index contributed by atoms with van der Waals surface area (Å²) in [5.41, 5.74) is 0. The van der Waals surface area contributed by atoms with Crippen LogP contribution in [0.15, 0.2) is 0 Å². The molecule has 0 bridgehead atoms. The van der Waals surface area contributed by atoms with Crippen LogP contribution in [0, 0.1) is 0 Å². The maximum absolute atomic E-state index is 4.94. The van der Waals surface area contributed by atoms with Gasteiger partial charge in [0, 0.05) is 11.8 Å². The van der Waals surface area contributed by atoms with Crippen molar-refractivity contribution in [3.63, 3.8) is 0 Å². The fraction of sp³-hybridized carbons (Fsp3) is 1.00. The van der Waals surface area contributed by atoms with Crippen molar-refractivity contribution < 1.29 is 0 Å². The average Bonchev–Trinajstić information content (AvgIpc) is 1.90. The predicted molar refractivity (Wildman–Crippen MR) is 44.8 cm³/mol. The summed E-state index contributed by atoms with van der Waals surface area (Å²) in [6.07, 6.45) is 0. The Bertz CT molecular complexity index is 61.9. The fourth-order valence-corrected chi connectivity index (χ4v) is 1.16. The van der Waals surface area contributed by atoms with E-state index in [9.17, 15) is 0 Å². The molecule has 1 radical (unpaired) electrons. The van der Waals surface area contributed by atoms with E-state index in [1.54, 1.807) is 0 Å². The van der Waals surface area contributed by atoms with Crippen molar-refractivity contribution in [1.29, 1.82) is 0 Å². The van der Waals surface area contributed by atoms with Gasteiger partial charge in [0.1, 0.15) is 0 Å². The summed E-state index contributed by atoms with van der Waals surface area (Å²) in [5, 5.41) is 0. The Kier molecular flexibility index (Phi) is 5.30. The van der Waals surface area contributed by atoms with E-state index >= 15 is 0 Å². The largest absolute Gasteiger partial charge is 0.300 e. The molecule has 1 atom stereocenters. The lowest BCUT2D eigenvalue weighted by molar-refractivity contribution is 0.250. The molecule has 0 aromatic heterocycles. The van der Waals surface area contributed by atoms with E-state index in [2.05, 4.69) is 25.7 Å². The molecule has 0 rings (SSSR count). The highest BCUT2D eigenvalue weighted by atomic mass is 32.1. The Balaban J connectivity index is 3.50. The fourth-order valence-electron chi connectivity index (χ4n) is 0.952. The van der Waals surface area contributed by atoms with Crippen LogP contribution in [0.2, 0.25) is 0 Å². The summed E-state index contributed by atoms with van der Waals surface area (Å²) in [6.45, 7) is 8.76. The van der Waals surface area contributed by atoms with Crippen molar-refractivity contribution in [3.8, 4) is 0 Å². The highest BCUT2D eigenvalue weighted by Crippen LogP contribution is 1.98. The maximum atomic E-state index is 4.94. The van der Waals surface area contributed by atoms with Crippen LogP contribution in [-0.4, -0.2) is 29.8 Å². The molecule has 0 N–H and O–H groups in total. The Hall–Kier alpha value is 0.310. The van der Waals surface area contributed by atoms with Crippen molar-refractivity contribution in [2.75, 3.05) is 18.8 Å². The number of rotatable bonds is 4. The summed E-state index contributed by atoms with van der Waals surface area (Å²) in [7, 11) is 0. The first-order valence-corrected chi connectivity index (χ1v) is 4.16. The molecule has 0 aliphatic heterocycles. The van der Waals surface area contributed by atoms with E-state index in [1.165, 1.54) is 0 Å². The topological polar surface area (TPSA) is 3.24 Å². The molecule has 1 nitrogen and oxygen atoms in total. The summed E-state index contributed by atoms with van der Waals surface area (Å²) in [6, 6.07) is 0.579. The van der Waals surface area contributed by atoms with E-state index in [0.29, 0.717) is 6.04 Å². The second kappa shape index (κ2) is 5.12. The summed E-state index contributed by atoms with van der Waals surface area (Å²) in [4.78, 5) is 2.37. The van der Waals surface area contributed by atoms with Gasteiger partial charge in [-0.1, -0.05) is 26.5 Å². The minimum atomic E-state index is 0.579. The number of nitrogens with zero attached hydrogens (tertiary/aromatic N) is 1. The molecule has 0 spiro atoms. The molecule has 55 valence electrons. The molecule has 0 aromatic carbocycles. The molecule has 0 aromatic rings. The second-order valence-corrected chi connectivity index (χ2v) is 2.57. The number of hydrogen-bond acceptors (Lipinski definition) is 1. The van der Waals surface area contributed by atoms with Gasteiger partial charge in [0.05, 0.1) is 0 Å². The highest BCUT2D eigenvalue weighted by Gasteiger charge is 2.06. The Morgan fingerprint density at radius 1 is 1.33 bits per heavy atom. The monoisotopic (exact) mass is 146 g/mol. The summed E-state index contributed by atoms with van der Waals surface area (Å²) < 4.78 is 0. The smallest absolute Gasteiger partial charge is 0.0191 e. The predicted octanol–water partition coefficient (Wildman–Crippen LogP) is 1.91. The lowest BCUT2D eigenvalue weighted by atomic mass is 10.3. The van der Waals surface area contributed by atoms with Crippen molar-refractivity contribution in [1.82, 2.24) is 4.90 Å². The van der Waals surface area contributed by atoms with Crippen molar-refractivity contribution in [2.45, 2.75) is 26.8 Å². The van der Waals surface area contributed by atoms with Gasteiger partial charge in [0.15, 0.2) is 0 Å². The zero-order valence-corrected chi connectivity index (χ0v) is 7.37. The summed E-state index contributed by atoms with van der Waals surface area (Å²) in [5.74, 6) is 0.849. The van der Waals surface area contributed by atoms with Crippen LogP contribution in [0.1, 0.15) is 20.8 Å². The van der Waals surface area contributed by atoms with Crippen LogP contribution in [0.3, 0.4) is 0 Å². The van der Waals surface area contributed by atoms with Gasteiger partial charge in [-0.3, -0.25) is 0 Å². The lowest BCUT2D eigenvalue weighted by Crippen LogP contribution is -2.33. The Morgan fingerprint density at radius 2 is 1.78 bits per heavy atom. The molecular formula is C7H16NS. The van der Waals surface area contributed by atoms with Crippen molar-refractivity contribution >= 4 is 12.6 Å². The van der Waals surface area contributed by atoms with E-state index in [4.69, 9.17) is 12.6 Å². The zero-order valence-electron chi connectivity index (χ0n) is 6.55. The third kappa shape index (κ3) is 3.11. The first-order chi connectivity index (χ1) is 4.26. The lowest BCUT2D eigenvalue weighted by Gasteiger charge is -2.24. The first kappa shape index (κ1) is 9.31.